The highest BCUT2D eigenvalue weighted by atomic mass is 32.7. The van der Waals surface area contributed by atoms with Crippen LogP contribution in [0.2, 0.25) is 0 Å². The third-order valence-electron chi connectivity index (χ3n) is 3.20. The second-order valence-corrected chi connectivity index (χ2v) is 12.8. The highest BCUT2D eigenvalue weighted by Gasteiger charge is 2.40. The third kappa shape index (κ3) is 10.2. The summed E-state index contributed by atoms with van der Waals surface area (Å²) in [5.74, 6) is 0. The van der Waals surface area contributed by atoms with Crippen LogP contribution in [0.15, 0.2) is 0 Å². The molecule has 0 saturated carbocycles. The van der Waals surface area contributed by atoms with Gasteiger partial charge in [-0.15, -0.1) is 0 Å². The lowest BCUT2D eigenvalue weighted by Gasteiger charge is -2.41. The topological polar surface area (TPSA) is 37.3 Å². The molecule has 2 nitrogen and oxygen atoms in total. The normalized spacial score (nSPS) is 15.4. The lowest BCUT2D eigenvalue weighted by atomic mass is 9.66. The first-order valence-electron chi connectivity index (χ1n) is 7.39. The Balaban J connectivity index is 4.77. The largest absolute Gasteiger partial charge is 0.583 e. The van der Waals surface area contributed by atoms with Crippen LogP contribution in [0, 0.1) is 16.2 Å². The van der Waals surface area contributed by atoms with Crippen molar-refractivity contribution < 1.29 is 9.46 Å². The van der Waals surface area contributed by atoms with Crippen molar-refractivity contribution >= 4 is 18.6 Å². The zero-order chi connectivity index (χ0) is 16.4. The van der Waals surface area contributed by atoms with E-state index < -0.39 is 7.23 Å². The SMILES string of the molecule is CC(C)(C)CC(C)(C)CC(C)(C)CC(C)(C)S[P+](=O)O. The minimum absolute atomic E-state index is 0.163. The van der Waals surface area contributed by atoms with Crippen molar-refractivity contribution in [3.8, 4) is 0 Å². The average Bonchev–Trinajstić information content (AvgIpc) is 1.86. The molecule has 0 fully saturated rings. The van der Waals surface area contributed by atoms with Crippen LogP contribution in [-0.4, -0.2) is 9.64 Å². The molecule has 0 bridgehead atoms. The number of rotatable bonds is 7. The summed E-state index contributed by atoms with van der Waals surface area (Å²) in [4.78, 5) is 9.14. The highest BCUT2D eigenvalue weighted by molar-refractivity contribution is 8.50. The molecule has 0 aromatic carbocycles. The monoisotopic (exact) mass is 321 g/mol. The summed E-state index contributed by atoms with van der Waals surface area (Å²) in [5, 5.41) is 0. The van der Waals surface area contributed by atoms with E-state index in [9.17, 15) is 4.57 Å². The Morgan fingerprint density at radius 1 is 0.800 bits per heavy atom. The Morgan fingerprint density at radius 2 is 1.20 bits per heavy atom. The van der Waals surface area contributed by atoms with Crippen molar-refractivity contribution in [1.29, 1.82) is 0 Å². The van der Waals surface area contributed by atoms with Crippen LogP contribution in [0.4, 0.5) is 0 Å². The molecule has 0 aliphatic rings. The van der Waals surface area contributed by atoms with Crippen LogP contribution in [0.25, 0.3) is 0 Å². The van der Waals surface area contributed by atoms with Crippen LogP contribution in [0.5, 0.6) is 0 Å². The van der Waals surface area contributed by atoms with Crippen LogP contribution in [0.1, 0.15) is 81.6 Å². The van der Waals surface area contributed by atoms with E-state index in [1.165, 1.54) is 17.8 Å². The summed E-state index contributed by atoms with van der Waals surface area (Å²) < 4.78 is 10.9. The van der Waals surface area contributed by atoms with Gasteiger partial charge in [0, 0.05) is 0 Å². The van der Waals surface area contributed by atoms with Crippen LogP contribution in [0.3, 0.4) is 0 Å². The molecule has 0 saturated heterocycles. The van der Waals surface area contributed by atoms with Crippen molar-refractivity contribution in [2.75, 3.05) is 0 Å². The molecule has 0 aromatic rings. The maximum Gasteiger partial charge on any atom is 0.583 e. The van der Waals surface area contributed by atoms with E-state index in [0.29, 0.717) is 5.41 Å². The number of hydrogen-bond donors (Lipinski definition) is 1. The zero-order valence-corrected chi connectivity index (χ0v) is 16.5. The summed E-state index contributed by atoms with van der Waals surface area (Å²) in [6.45, 7) is 20.3. The van der Waals surface area contributed by atoms with Crippen LogP contribution < -0.4 is 0 Å². The minimum atomic E-state index is -2.13. The van der Waals surface area contributed by atoms with E-state index in [1.54, 1.807) is 0 Å². The Labute approximate surface area is 131 Å². The van der Waals surface area contributed by atoms with E-state index >= 15 is 0 Å². The molecule has 0 aliphatic carbocycles. The fraction of sp³-hybridized carbons (Fsp3) is 1.00. The summed E-state index contributed by atoms with van der Waals surface area (Å²) in [6, 6.07) is 0. The predicted octanol–water partition coefficient (Wildman–Crippen LogP) is 6.42. The Bertz CT molecular complexity index is 341. The standard InChI is InChI=1S/C16H33O2PS/c1-13(2,3)10-14(4,5)11-15(6,7)12-16(8,9)20-19(17)18/h10-12H2,1-9H3/p+1. The summed E-state index contributed by atoms with van der Waals surface area (Å²) in [5.41, 5.74) is 0.777. The number of hydrogen-bond acceptors (Lipinski definition) is 2. The minimum Gasteiger partial charge on any atom is -0.151 e. The molecule has 0 radical (unpaired) electrons. The van der Waals surface area contributed by atoms with Gasteiger partial charge < -0.3 is 0 Å². The molecule has 0 rings (SSSR count). The molecule has 0 aromatic heterocycles. The van der Waals surface area contributed by atoms with Crippen molar-refractivity contribution in [1.82, 2.24) is 0 Å². The Kier molecular flexibility index (Phi) is 6.80. The van der Waals surface area contributed by atoms with E-state index in [4.69, 9.17) is 4.89 Å². The molecular weight excluding hydrogens is 287 g/mol. The second kappa shape index (κ2) is 6.67. The lowest BCUT2D eigenvalue weighted by molar-refractivity contribution is 0.121. The van der Waals surface area contributed by atoms with Gasteiger partial charge in [0.25, 0.3) is 0 Å². The van der Waals surface area contributed by atoms with Gasteiger partial charge in [-0.3, -0.25) is 0 Å². The molecule has 120 valence electrons. The first-order valence-corrected chi connectivity index (χ1v) is 10.0. The van der Waals surface area contributed by atoms with Gasteiger partial charge in [-0.25, -0.2) is 0 Å². The fourth-order valence-corrected chi connectivity index (χ4v) is 6.59. The van der Waals surface area contributed by atoms with Gasteiger partial charge in [0.2, 0.25) is 0 Å². The molecule has 20 heavy (non-hydrogen) atoms. The molecule has 0 amide bonds. The van der Waals surface area contributed by atoms with Gasteiger partial charge in [0.05, 0.1) is 4.75 Å². The molecule has 1 atom stereocenters. The Hall–Kier alpha value is 0.410. The van der Waals surface area contributed by atoms with Gasteiger partial charge >= 0.3 is 7.23 Å². The van der Waals surface area contributed by atoms with Crippen molar-refractivity contribution in [2.45, 2.75) is 86.3 Å². The van der Waals surface area contributed by atoms with Crippen molar-refractivity contribution in [2.24, 2.45) is 16.2 Å². The first-order chi connectivity index (χ1) is 8.54. The van der Waals surface area contributed by atoms with E-state index in [-0.39, 0.29) is 15.6 Å². The fourth-order valence-electron chi connectivity index (χ4n) is 4.25. The van der Waals surface area contributed by atoms with E-state index in [0.717, 1.165) is 12.8 Å². The lowest BCUT2D eigenvalue weighted by Crippen LogP contribution is -2.32. The predicted molar refractivity (Wildman–Crippen MR) is 92.4 cm³/mol. The molecule has 4 heteroatoms. The van der Waals surface area contributed by atoms with Gasteiger partial charge in [0.1, 0.15) is 0 Å². The van der Waals surface area contributed by atoms with Gasteiger partial charge in [-0.2, -0.15) is 4.89 Å². The Morgan fingerprint density at radius 3 is 1.55 bits per heavy atom. The summed E-state index contributed by atoms with van der Waals surface area (Å²) in [7, 11) is -2.13. The molecule has 0 aliphatic heterocycles. The summed E-state index contributed by atoms with van der Waals surface area (Å²) in [6.07, 6.45) is 3.26. The smallest absolute Gasteiger partial charge is 0.151 e. The van der Waals surface area contributed by atoms with Crippen LogP contribution >= 0.6 is 18.6 Å². The molecule has 0 spiro atoms. The van der Waals surface area contributed by atoms with E-state index in [1.807, 2.05) is 0 Å². The van der Waals surface area contributed by atoms with Crippen molar-refractivity contribution in [3.05, 3.63) is 0 Å². The maximum atomic E-state index is 11.1. The van der Waals surface area contributed by atoms with Crippen molar-refractivity contribution in [3.63, 3.8) is 0 Å². The maximum absolute atomic E-state index is 11.1. The molecule has 1 N–H and O–H groups in total. The highest BCUT2D eigenvalue weighted by Crippen LogP contribution is 2.51. The zero-order valence-electron chi connectivity index (χ0n) is 14.8. The molecule has 1 unspecified atom stereocenters. The quantitative estimate of drug-likeness (QED) is 0.550. The van der Waals surface area contributed by atoms with Gasteiger partial charge in [0.15, 0.2) is 11.4 Å². The molecule has 0 heterocycles. The second-order valence-electron chi connectivity index (χ2n) is 9.51. The third-order valence-corrected chi connectivity index (χ3v) is 5.94. The average molecular weight is 321 g/mol. The first kappa shape index (κ1) is 20.4. The van der Waals surface area contributed by atoms with Gasteiger partial charge in [-0.1, -0.05) is 48.5 Å². The van der Waals surface area contributed by atoms with Crippen LogP contribution in [-0.2, 0) is 4.57 Å². The van der Waals surface area contributed by atoms with Gasteiger partial charge in [-0.05, 0) is 53.9 Å². The molecular formula is C16H34O2PS+. The van der Waals surface area contributed by atoms with E-state index in [2.05, 4.69) is 62.3 Å². The summed E-state index contributed by atoms with van der Waals surface area (Å²) >= 11 is 1.19.